The number of benzene rings is 3. The second kappa shape index (κ2) is 8.86. The summed E-state index contributed by atoms with van der Waals surface area (Å²) >= 11 is 0. The Morgan fingerprint density at radius 1 is 1.00 bits per heavy atom. The highest BCUT2D eigenvalue weighted by Gasteiger charge is 2.15. The third-order valence-corrected chi connectivity index (χ3v) is 4.14. The van der Waals surface area contributed by atoms with Gasteiger partial charge in [0.2, 0.25) is 0 Å². The van der Waals surface area contributed by atoms with Crippen molar-refractivity contribution in [3.63, 3.8) is 0 Å². The van der Waals surface area contributed by atoms with Crippen LogP contribution in [0.15, 0.2) is 72.8 Å². The Labute approximate surface area is 162 Å². The van der Waals surface area contributed by atoms with E-state index in [1.807, 2.05) is 6.07 Å². The average molecular weight is 378 g/mol. The lowest BCUT2D eigenvalue weighted by Gasteiger charge is -2.14. The average Bonchev–Trinajstić information content (AvgIpc) is 2.72. The summed E-state index contributed by atoms with van der Waals surface area (Å²) in [6, 6.07) is 20.1. The Morgan fingerprint density at radius 2 is 1.71 bits per heavy atom. The molecule has 4 nitrogen and oxygen atoms in total. The topological polar surface area (TPSA) is 55.8 Å². The van der Waals surface area contributed by atoms with E-state index in [-0.39, 0.29) is 18.0 Å². The number of halogens is 1. The maximum atomic E-state index is 13.1. The number of carboxylic acid groups (broad SMARTS) is 1. The first kappa shape index (κ1) is 19.2. The first-order valence-corrected chi connectivity index (χ1v) is 8.63. The predicted molar refractivity (Wildman–Crippen MR) is 106 cm³/mol. The molecular weight excluding hydrogens is 359 g/mol. The Morgan fingerprint density at radius 3 is 2.36 bits per heavy atom. The van der Waals surface area contributed by atoms with Crippen molar-refractivity contribution in [3.8, 4) is 11.5 Å². The Kier molecular flexibility index (Phi) is 6.07. The van der Waals surface area contributed by atoms with Gasteiger partial charge in [-0.15, -0.1) is 0 Å². The zero-order chi connectivity index (χ0) is 19.9. The second-order valence-corrected chi connectivity index (χ2v) is 6.02. The minimum Gasteiger partial charge on any atom is -0.493 e. The predicted octanol–water partition coefficient (Wildman–Crippen LogP) is 5.04. The normalized spacial score (nSPS) is 11.1. The van der Waals surface area contributed by atoms with Gasteiger partial charge in [-0.05, 0) is 35.4 Å². The van der Waals surface area contributed by atoms with Crippen LogP contribution in [0.4, 0.5) is 4.39 Å². The summed E-state index contributed by atoms with van der Waals surface area (Å²) in [7, 11) is 1.52. The van der Waals surface area contributed by atoms with E-state index in [0.29, 0.717) is 22.6 Å². The molecule has 1 N–H and O–H groups in total. The number of hydrogen-bond donors (Lipinski definition) is 1. The van der Waals surface area contributed by atoms with E-state index in [1.54, 1.807) is 60.7 Å². The SMILES string of the molecule is COc1cccc(/C=C(\C(=O)O)c2ccccc2)c1OCc1ccc(F)cc1. The molecule has 0 unspecified atom stereocenters. The summed E-state index contributed by atoms with van der Waals surface area (Å²) < 4.78 is 24.4. The van der Waals surface area contributed by atoms with Crippen molar-refractivity contribution in [1.29, 1.82) is 0 Å². The Balaban J connectivity index is 1.98. The highest BCUT2D eigenvalue weighted by Crippen LogP contribution is 2.34. The van der Waals surface area contributed by atoms with Crippen molar-refractivity contribution < 1.29 is 23.8 Å². The molecule has 0 aliphatic carbocycles. The summed E-state index contributed by atoms with van der Waals surface area (Å²) in [4.78, 5) is 11.8. The van der Waals surface area contributed by atoms with Crippen LogP contribution in [0, 0.1) is 5.82 Å². The van der Waals surface area contributed by atoms with Crippen molar-refractivity contribution >= 4 is 17.6 Å². The lowest BCUT2D eigenvalue weighted by molar-refractivity contribution is -0.130. The van der Waals surface area contributed by atoms with Gasteiger partial charge >= 0.3 is 5.97 Å². The van der Waals surface area contributed by atoms with Crippen molar-refractivity contribution in [2.45, 2.75) is 6.61 Å². The number of carboxylic acids is 1. The summed E-state index contributed by atoms with van der Waals surface area (Å²) in [5.41, 5.74) is 2.08. The maximum Gasteiger partial charge on any atom is 0.336 e. The second-order valence-electron chi connectivity index (χ2n) is 6.02. The molecule has 0 saturated heterocycles. The number of para-hydroxylation sites is 1. The van der Waals surface area contributed by atoms with Crippen LogP contribution in [0.2, 0.25) is 0 Å². The van der Waals surface area contributed by atoms with Crippen molar-refractivity contribution in [2.75, 3.05) is 7.11 Å². The number of carbonyl (C=O) groups is 1. The highest BCUT2D eigenvalue weighted by molar-refractivity contribution is 6.20. The van der Waals surface area contributed by atoms with Crippen molar-refractivity contribution in [2.24, 2.45) is 0 Å². The fourth-order valence-electron chi connectivity index (χ4n) is 2.74. The van der Waals surface area contributed by atoms with Crippen LogP contribution in [-0.4, -0.2) is 18.2 Å². The largest absolute Gasteiger partial charge is 0.493 e. The quantitative estimate of drug-likeness (QED) is 0.462. The van der Waals surface area contributed by atoms with E-state index >= 15 is 0 Å². The van der Waals surface area contributed by atoms with E-state index in [2.05, 4.69) is 0 Å². The van der Waals surface area contributed by atoms with Gasteiger partial charge < -0.3 is 14.6 Å². The number of aliphatic carboxylic acids is 1. The Bertz CT molecular complexity index is 979. The zero-order valence-corrected chi connectivity index (χ0v) is 15.3. The molecule has 3 aromatic carbocycles. The molecule has 0 amide bonds. The van der Waals surface area contributed by atoms with Crippen LogP contribution in [0.25, 0.3) is 11.6 Å². The molecule has 0 heterocycles. The molecule has 0 aliphatic rings. The standard InChI is InChI=1S/C23H19FO4/c1-27-21-9-5-8-18(14-20(23(25)26)17-6-3-2-4-7-17)22(21)28-15-16-10-12-19(24)13-11-16/h2-14H,15H2,1H3,(H,25,26)/b20-14-. The first-order valence-electron chi connectivity index (χ1n) is 8.63. The number of rotatable bonds is 7. The zero-order valence-electron chi connectivity index (χ0n) is 15.3. The van der Waals surface area contributed by atoms with E-state index in [0.717, 1.165) is 5.56 Å². The summed E-state index contributed by atoms with van der Waals surface area (Å²) in [5.74, 6) is -0.463. The molecule has 3 aromatic rings. The lowest BCUT2D eigenvalue weighted by Crippen LogP contribution is -2.02. The summed E-state index contributed by atoms with van der Waals surface area (Å²) in [5, 5.41) is 9.66. The van der Waals surface area contributed by atoms with Crippen LogP contribution < -0.4 is 9.47 Å². The van der Waals surface area contributed by atoms with E-state index in [4.69, 9.17) is 9.47 Å². The van der Waals surface area contributed by atoms with E-state index in [9.17, 15) is 14.3 Å². The summed E-state index contributed by atoms with van der Waals surface area (Å²) in [6.45, 7) is 0.190. The van der Waals surface area contributed by atoms with Crippen LogP contribution in [0.3, 0.4) is 0 Å². The third kappa shape index (κ3) is 4.57. The van der Waals surface area contributed by atoms with Gasteiger partial charge in [0.1, 0.15) is 12.4 Å². The number of ether oxygens (including phenoxy) is 2. The van der Waals surface area contributed by atoms with Gasteiger partial charge in [-0.2, -0.15) is 0 Å². The molecule has 0 spiro atoms. The van der Waals surface area contributed by atoms with Gasteiger partial charge in [-0.3, -0.25) is 0 Å². The number of methoxy groups -OCH3 is 1. The molecule has 5 heteroatoms. The third-order valence-electron chi connectivity index (χ3n) is 4.14. The molecular formula is C23H19FO4. The van der Waals surface area contributed by atoms with Crippen LogP contribution >= 0.6 is 0 Å². The van der Waals surface area contributed by atoms with Gasteiger partial charge in [0.25, 0.3) is 0 Å². The maximum absolute atomic E-state index is 13.1. The van der Waals surface area contributed by atoms with Crippen molar-refractivity contribution in [3.05, 3.63) is 95.3 Å². The van der Waals surface area contributed by atoms with E-state index in [1.165, 1.54) is 19.2 Å². The molecule has 0 aromatic heterocycles. The monoisotopic (exact) mass is 378 g/mol. The van der Waals surface area contributed by atoms with Gasteiger partial charge in [0, 0.05) is 5.56 Å². The van der Waals surface area contributed by atoms with Crippen LogP contribution in [-0.2, 0) is 11.4 Å². The molecule has 0 fully saturated rings. The Hall–Kier alpha value is -3.60. The fourth-order valence-corrected chi connectivity index (χ4v) is 2.74. The molecule has 3 rings (SSSR count). The molecule has 28 heavy (non-hydrogen) atoms. The van der Waals surface area contributed by atoms with Gasteiger partial charge in [0.05, 0.1) is 12.7 Å². The van der Waals surface area contributed by atoms with Gasteiger partial charge in [0.15, 0.2) is 11.5 Å². The van der Waals surface area contributed by atoms with Gasteiger partial charge in [-0.25, -0.2) is 9.18 Å². The summed E-state index contributed by atoms with van der Waals surface area (Å²) in [6.07, 6.45) is 1.56. The number of hydrogen-bond acceptors (Lipinski definition) is 3. The highest BCUT2D eigenvalue weighted by atomic mass is 19.1. The minimum atomic E-state index is -1.04. The van der Waals surface area contributed by atoms with E-state index < -0.39 is 5.97 Å². The fraction of sp³-hybridized carbons (Fsp3) is 0.0870. The smallest absolute Gasteiger partial charge is 0.336 e. The molecule has 142 valence electrons. The minimum absolute atomic E-state index is 0.139. The van der Waals surface area contributed by atoms with Crippen LogP contribution in [0.5, 0.6) is 11.5 Å². The molecule has 0 atom stereocenters. The van der Waals surface area contributed by atoms with Crippen molar-refractivity contribution in [1.82, 2.24) is 0 Å². The molecule has 0 bridgehead atoms. The molecule has 0 aliphatic heterocycles. The molecule has 0 radical (unpaired) electrons. The molecule has 0 saturated carbocycles. The van der Waals surface area contributed by atoms with Gasteiger partial charge in [-0.1, -0.05) is 54.6 Å². The first-order chi connectivity index (χ1) is 13.6. The lowest BCUT2D eigenvalue weighted by atomic mass is 10.0. The van der Waals surface area contributed by atoms with Crippen LogP contribution in [0.1, 0.15) is 16.7 Å².